The van der Waals surface area contributed by atoms with Crippen molar-refractivity contribution in [3.05, 3.63) is 58.4 Å². The highest BCUT2D eigenvalue weighted by Gasteiger charge is 2.17. The molecule has 21 heavy (non-hydrogen) atoms. The van der Waals surface area contributed by atoms with Gasteiger partial charge in [-0.15, -0.1) is 11.3 Å². The summed E-state index contributed by atoms with van der Waals surface area (Å²) in [7, 11) is 2.12. The molecule has 1 aromatic carbocycles. The number of hydrogen-bond donors (Lipinski definition) is 1. The molecule has 0 aliphatic heterocycles. The molecule has 2 nitrogen and oxygen atoms in total. The Bertz CT molecular complexity index is 710. The number of thiophene rings is 1. The minimum absolute atomic E-state index is 0.420. The van der Waals surface area contributed by atoms with Crippen molar-refractivity contribution >= 4 is 22.2 Å². The van der Waals surface area contributed by atoms with Crippen molar-refractivity contribution in [2.45, 2.75) is 26.4 Å². The zero-order chi connectivity index (χ0) is 14.8. The van der Waals surface area contributed by atoms with E-state index >= 15 is 0 Å². The second-order valence-corrected chi connectivity index (χ2v) is 6.88. The van der Waals surface area contributed by atoms with Gasteiger partial charge >= 0.3 is 0 Å². The van der Waals surface area contributed by atoms with E-state index in [0.29, 0.717) is 12.0 Å². The van der Waals surface area contributed by atoms with Gasteiger partial charge in [-0.2, -0.15) is 0 Å². The van der Waals surface area contributed by atoms with Gasteiger partial charge in [0.2, 0.25) is 0 Å². The third-order valence-corrected chi connectivity index (χ3v) is 4.96. The summed E-state index contributed by atoms with van der Waals surface area (Å²) in [5, 5.41) is 7.25. The van der Waals surface area contributed by atoms with Crippen LogP contribution in [0.2, 0.25) is 0 Å². The quantitative estimate of drug-likeness (QED) is 0.721. The van der Waals surface area contributed by atoms with E-state index in [1.807, 2.05) is 11.3 Å². The Morgan fingerprint density at radius 1 is 1.14 bits per heavy atom. The number of aromatic nitrogens is 1. The summed E-state index contributed by atoms with van der Waals surface area (Å²) in [6, 6.07) is 13.4. The molecule has 2 heterocycles. The predicted octanol–water partition coefficient (Wildman–Crippen LogP) is 4.73. The molecule has 0 amide bonds. The van der Waals surface area contributed by atoms with Crippen molar-refractivity contribution in [1.82, 2.24) is 9.88 Å². The second kappa shape index (κ2) is 6.04. The van der Waals surface area contributed by atoms with Crippen LogP contribution in [0.15, 0.2) is 48.0 Å². The van der Waals surface area contributed by atoms with Crippen LogP contribution in [0.3, 0.4) is 0 Å². The highest BCUT2D eigenvalue weighted by Crippen LogP contribution is 2.27. The van der Waals surface area contributed by atoms with Crippen LogP contribution in [-0.2, 0) is 13.6 Å². The minimum Gasteiger partial charge on any atom is -0.350 e. The molecule has 2 aromatic heterocycles. The van der Waals surface area contributed by atoms with Gasteiger partial charge in [0, 0.05) is 41.6 Å². The lowest BCUT2D eigenvalue weighted by atomic mass is 10.0. The molecule has 0 spiro atoms. The second-order valence-electron chi connectivity index (χ2n) is 5.90. The first-order chi connectivity index (χ1) is 10.2. The number of hydrogen-bond acceptors (Lipinski definition) is 2. The van der Waals surface area contributed by atoms with E-state index < -0.39 is 0 Å². The number of nitrogens with zero attached hydrogens (tertiary/aromatic N) is 1. The molecule has 1 N–H and O–H groups in total. The summed E-state index contributed by atoms with van der Waals surface area (Å²) in [6.07, 6.45) is 2.24. The van der Waals surface area contributed by atoms with Gasteiger partial charge in [0.25, 0.3) is 0 Å². The van der Waals surface area contributed by atoms with Crippen LogP contribution in [-0.4, -0.2) is 4.57 Å². The first-order valence-electron chi connectivity index (χ1n) is 7.46. The Labute approximate surface area is 130 Å². The topological polar surface area (TPSA) is 17.0 Å². The van der Waals surface area contributed by atoms with Crippen molar-refractivity contribution in [2.24, 2.45) is 13.0 Å². The van der Waals surface area contributed by atoms with E-state index in [-0.39, 0.29) is 0 Å². The molecular formula is C18H22N2S. The summed E-state index contributed by atoms with van der Waals surface area (Å²) >= 11 is 1.84. The number of benzene rings is 1. The van der Waals surface area contributed by atoms with Gasteiger partial charge in [-0.3, -0.25) is 0 Å². The Morgan fingerprint density at radius 3 is 2.67 bits per heavy atom. The van der Waals surface area contributed by atoms with Crippen LogP contribution in [0.5, 0.6) is 0 Å². The standard InChI is InChI=1S/C18H22N2S/c1-13(2)18(17-9-6-10-21-17)19-11-14-12-20(3)16-8-5-4-7-15(14)16/h4-10,12-13,18-19H,11H2,1-3H3. The summed E-state index contributed by atoms with van der Waals surface area (Å²) in [4.78, 5) is 1.42. The third-order valence-electron chi connectivity index (χ3n) is 4.01. The zero-order valence-electron chi connectivity index (χ0n) is 12.8. The average molecular weight is 298 g/mol. The van der Waals surface area contributed by atoms with Crippen molar-refractivity contribution in [2.75, 3.05) is 0 Å². The average Bonchev–Trinajstić information content (AvgIpc) is 3.09. The predicted molar refractivity (Wildman–Crippen MR) is 91.7 cm³/mol. The maximum atomic E-state index is 3.74. The lowest BCUT2D eigenvalue weighted by molar-refractivity contribution is 0.417. The highest BCUT2D eigenvalue weighted by molar-refractivity contribution is 7.10. The van der Waals surface area contributed by atoms with E-state index in [2.05, 4.69) is 78.8 Å². The Kier molecular flexibility index (Phi) is 4.13. The van der Waals surface area contributed by atoms with Crippen molar-refractivity contribution in [3.8, 4) is 0 Å². The smallest absolute Gasteiger partial charge is 0.0481 e. The third kappa shape index (κ3) is 2.89. The summed E-state index contributed by atoms with van der Waals surface area (Å²) in [5.41, 5.74) is 2.67. The molecule has 3 rings (SSSR count). The summed E-state index contributed by atoms with van der Waals surface area (Å²) in [5.74, 6) is 0.582. The lowest BCUT2D eigenvalue weighted by Crippen LogP contribution is -2.24. The lowest BCUT2D eigenvalue weighted by Gasteiger charge is -2.21. The molecule has 0 aliphatic carbocycles. The molecule has 1 atom stereocenters. The summed E-state index contributed by atoms with van der Waals surface area (Å²) in [6.45, 7) is 5.46. The molecule has 110 valence electrons. The van der Waals surface area contributed by atoms with E-state index in [9.17, 15) is 0 Å². The SMILES string of the molecule is CC(C)C(NCc1cn(C)c2ccccc12)c1cccs1. The zero-order valence-corrected chi connectivity index (χ0v) is 13.7. The normalized spacial score (nSPS) is 13.1. The molecular weight excluding hydrogens is 276 g/mol. The van der Waals surface area contributed by atoms with Gasteiger partial charge < -0.3 is 9.88 Å². The fourth-order valence-corrected chi connectivity index (χ4v) is 3.89. The number of rotatable bonds is 5. The van der Waals surface area contributed by atoms with E-state index in [1.54, 1.807) is 0 Å². The van der Waals surface area contributed by atoms with Crippen LogP contribution in [0, 0.1) is 5.92 Å². The molecule has 3 heteroatoms. The Morgan fingerprint density at radius 2 is 1.95 bits per heavy atom. The van der Waals surface area contributed by atoms with Gasteiger partial charge in [-0.05, 0) is 29.0 Å². The minimum atomic E-state index is 0.420. The van der Waals surface area contributed by atoms with E-state index in [0.717, 1.165) is 6.54 Å². The van der Waals surface area contributed by atoms with Crippen molar-refractivity contribution in [3.63, 3.8) is 0 Å². The van der Waals surface area contributed by atoms with Gasteiger partial charge in [-0.1, -0.05) is 38.1 Å². The summed E-state index contributed by atoms with van der Waals surface area (Å²) < 4.78 is 2.21. The van der Waals surface area contributed by atoms with Crippen LogP contribution < -0.4 is 5.32 Å². The molecule has 0 radical (unpaired) electrons. The van der Waals surface area contributed by atoms with Gasteiger partial charge in [0.1, 0.15) is 0 Å². The first kappa shape index (κ1) is 14.4. The molecule has 3 aromatic rings. The van der Waals surface area contributed by atoms with Crippen LogP contribution in [0.1, 0.15) is 30.3 Å². The Hall–Kier alpha value is -1.58. The highest BCUT2D eigenvalue weighted by atomic mass is 32.1. The molecule has 0 saturated heterocycles. The number of aryl methyl sites for hydroxylation is 1. The number of fused-ring (bicyclic) bond motifs is 1. The fourth-order valence-electron chi connectivity index (χ4n) is 2.92. The van der Waals surface area contributed by atoms with Gasteiger partial charge in [0.15, 0.2) is 0 Å². The van der Waals surface area contributed by atoms with E-state index in [1.165, 1.54) is 21.3 Å². The molecule has 0 fully saturated rings. The van der Waals surface area contributed by atoms with Crippen LogP contribution >= 0.6 is 11.3 Å². The first-order valence-corrected chi connectivity index (χ1v) is 8.34. The molecule has 0 bridgehead atoms. The molecule has 0 saturated carbocycles. The van der Waals surface area contributed by atoms with Crippen molar-refractivity contribution < 1.29 is 0 Å². The van der Waals surface area contributed by atoms with Crippen molar-refractivity contribution in [1.29, 1.82) is 0 Å². The van der Waals surface area contributed by atoms with Gasteiger partial charge in [-0.25, -0.2) is 0 Å². The number of para-hydroxylation sites is 1. The maximum absolute atomic E-state index is 3.74. The maximum Gasteiger partial charge on any atom is 0.0481 e. The number of nitrogens with one attached hydrogen (secondary N) is 1. The largest absolute Gasteiger partial charge is 0.350 e. The van der Waals surface area contributed by atoms with Gasteiger partial charge in [0.05, 0.1) is 0 Å². The van der Waals surface area contributed by atoms with Crippen LogP contribution in [0.4, 0.5) is 0 Å². The van der Waals surface area contributed by atoms with Crippen LogP contribution in [0.25, 0.3) is 10.9 Å². The van der Waals surface area contributed by atoms with E-state index in [4.69, 9.17) is 0 Å². The monoisotopic (exact) mass is 298 g/mol. The molecule has 0 aliphatic rings. The Balaban J connectivity index is 1.82. The molecule has 1 unspecified atom stereocenters. The fraction of sp³-hybridized carbons (Fsp3) is 0.333.